The van der Waals surface area contributed by atoms with Crippen molar-refractivity contribution in [1.29, 1.82) is 0 Å². The van der Waals surface area contributed by atoms with Crippen LogP contribution in [0.2, 0.25) is 0 Å². The summed E-state index contributed by atoms with van der Waals surface area (Å²) >= 11 is 0. The molecule has 0 saturated carbocycles. The van der Waals surface area contributed by atoms with Gasteiger partial charge in [-0.3, -0.25) is 4.79 Å². The fraction of sp³-hybridized carbons (Fsp3) is 0.375. The molecule has 0 bridgehead atoms. The summed E-state index contributed by atoms with van der Waals surface area (Å²) in [6, 6.07) is 5.64. The quantitative estimate of drug-likeness (QED) is 0.455. The first-order valence-electron chi connectivity index (χ1n) is 10.8. The average molecular weight is 492 g/mol. The molecule has 0 aliphatic carbocycles. The smallest absolute Gasteiger partial charge is 0.322 e. The van der Waals surface area contributed by atoms with E-state index in [9.17, 15) is 22.0 Å². The largest absolute Gasteiger partial charge is 0.421 e. The van der Waals surface area contributed by atoms with E-state index in [2.05, 4.69) is 9.97 Å². The lowest BCUT2D eigenvalue weighted by Gasteiger charge is -2.14. The maximum Gasteiger partial charge on any atom is 0.322 e. The number of aryl methyl sites for hydroxylation is 1. The summed E-state index contributed by atoms with van der Waals surface area (Å²) in [6.07, 6.45) is 1.64. The van der Waals surface area contributed by atoms with Gasteiger partial charge >= 0.3 is 6.01 Å². The molecule has 2 aromatic heterocycles. The highest BCUT2D eigenvalue weighted by atomic mass is 32.2. The summed E-state index contributed by atoms with van der Waals surface area (Å²) in [5.41, 5.74) is 1.35. The standard InChI is InChI=1S/C24H27F2N3O4S/c1-14(2)11-29-12-17(8-16(5)23(29)30)21-10-19(13-34(31,32)15(3)4)27-24(28-21)33-22-7-6-18(25)9-20(22)26/h6-10,12,14-15H,11,13H2,1-5H3. The van der Waals surface area contributed by atoms with E-state index >= 15 is 0 Å². The highest BCUT2D eigenvalue weighted by molar-refractivity contribution is 7.91. The fourth-order valence-electron chi connectivity index (χ4n) is 3.22. The minimum absolute atomic E-state index is 0.140. The second-order valence-electron chi connectivity index (χ2n) is 8.82. The molecule has 0 spiro atoms. The van der Waals surface area contributed by atoms with Crippen LogP contribution in [0.15, 0.2) is 41.3 Å². The molecular weight excluding hydrogens is 464 g/mol. The number of aromatic nitrogens is 3. The Morgan fingerprint density at radius 3 is 2.38 bits per heavy atom. The Labute approximate surface area is 197 Å². The summed E-state index contributed by atoms with van der Waals surface area (Å²) in [7, 11) is -3.52. The minimum Gasteiger partial charge on any atom is -0.421 e. The molecule has 7 nitrogen and oxygen atoms in total. The highest BCUT2D eigenvalue weighted by Gasteiger charge is 2.21. The van der Waals surface area contributed by atoms with E-state index in [0.29, 0.717) is 29.4 Å². The number of hydrogen-bond acceptors (Lipinski definition) is 6. The zero-order chi connectivity index (χ0) is 25.2. The Kier molecular flexibility index (Phi) is 7.50. The first-order valence-corrected chi connectivity index (χ1v) is 12.5. The maximum atomic E-state index is 14.2. The second kappa shape index (κ2) is 10.0. The van der Waals surface area contributed by atoms with Crippen molar-refractivity contribution in [2.24, 2.45) is 5.92 Å². The highest BCUT2D eigenvalue weighted by Crippen LogP contribution is 2.27. The van der Waals surface area contributed by atoms with Crippen LogP contribution < -0.4 is 10.3 Å². The van der Waals surface area contributed by atoms with Crippen molar-refractivity contribution >= 4 is 9.84 Å². The minimum atomic E-state index is -3.52. The van der Waals surface area contributed by atoms with Crippen molar-refractivity contribution in [3.8, 4) is 23.0 Å². The number of rotatable bonds is 8. The monoisotopic (exact) mass is 491 g/mol. The lowest BCUT2D eigenvalue weighted by atomic mass is 10.1. The van der Waals surface area contributed by atoms with Crippen LogP contribution in [0.5, 0.6) is 11.8 Å². The molecule has 182 valence electrons. The SMILES string of the molecule is Cc1cc(-c2cc(CS(=O)(=O)C(C)C)nc(Oc3ccc(F)cc3F)n2)cn(CC(C)C)c1=O. The summed E-state index contributed by atoms with van der Waals surface area (Å²) in [5, 5.41) is -0.639. The average Bonchev–Trinajstić information content (AvgIpc) is 2.72. The van der Waals surface area contributed by atoms with E-state index in [1.165, 1.54) is 6.07 Å². The molecule has 0 radical (unpaired) electrons. The third-order valence-electron chi connectivity index (χ3n) is 5.04. The number of sulfone groups is 1. The first-order chi connectivity index (χ1) is 15.9. The van der Waals surface area contributed by atoms with E-state index in [-0.39, 0.29) is 34.7 Å². The third kappa shape index (κ3) is 6.05. The molecule has 0 aliphatic heterocycles. The second-order valence-corrected chi connectivity index (χ2v) is 11.4. The van der Waals surface area contributed by atoms with Gasteiger partial charge in [0, 0.05) is 29.9 Å². The van der Waals surface area contributed by atoms with Gasteiger partial charge in [0.15, 0.2) is 21.4 Å². The molecule has 0 fully saturated rings. The van der Waals surface area contributed by atoms with Crippen molar-refractivity contribution in [3.63, 3.8) is 0 Å². The Hall–Kier alpha value is -3.14. The molecule has 10 heteroatoms. The van der Waals surface area contributed by atoms with Gasteiger partial charge in [0.1, 0.15) is 5.82 Å². The predicted octanol–water partition coefficient (Wildman–Crippen LogP) is 4.66. The van der Waals surface area contributed by atoms with E-state index < -0.39 is 26.7 Å². The molecule has 3 aromatic rings. The van der Waals surface area contributed by atoms with E-state index in [0.717, 1.165) is 12.1 Å². The summed E-state index contributed by atoms with van der Waals surface area (Å²) in [4.78, 5) is 21.0. The zero-order valence-corrected chi connectivity index (χ0v) is 20.5. The normalized spacial score (nSPS) is 11.9. The molecule has 34 heavy (non-hydrogen) atoms. The Balaban J connectivity index is 2.14. The van der Waals surface area contributed by atoms with Crippen LogP contribution in [0.4, 0.5) is 8.78 Å². The number of benzene rings is 1. The van der Waals surface area contributed by atoms with Gasteiger partial charge in [-0.15, -0.1) is 0 Å². The molecule has 0 unspecified atom stereocenters. The van der Waals surface area contributed by atoms with Gasteiger partial charge in [-0.1, -0.05) is 13.8 Å². The Morgan fingerprint density at radius 2 is 1.76 bits per heavy atom. The fourth-order valence-corrected chi connectivity index (χ4v) is 4.12. The number of nitrogens with zero attached hydrogens (tertiary/aromatic N) is 3. The molecular formula is C24H27F2N3O4S. The zero-order valence-electron chi connectivity index (χ0n) is 19.7. The molecule has 0 N–H and O–H groups in total. The van der Waals surface area contributed by atoms with Gasteiger partial charge < -0.3 is 9.30 Å². The van der Waals surface area contributed by atoms with Crippen LogP contribution in [0.25, 0.3) is 11.3 Å². The Bertz CT molecular complexity index is 1370. The number of pyridine rings is 1. The van der Waals surface area contributed by atoms with Crippen LogP contribution in [0.3, 0.4) is 0 Å². The van der Waals surface area contributed by atoms with Crippen LogP contribution in [-0.4, -0.2) is 28.2 Å². The van der Waals surface area contributed by atoms with Crippen molar-refractivity contribution in [3.05, 3.63) is 69.8 Å². The Morgan fingerprint density at radius 1 is 1.06 bits per heavy atom. The van der Waals surface area contributed by atoms with Crippen molar-refractivity contribution in [2.75, 3.05) is 0 Å². The van der Waals surface area contributed by atoms with Gasteiger partial charge in [0.05, 0.1) is 22.4 Å². The summed E-state index contributed by atoms with van der Waals surface area (Å²) in [6.45, 7) is 9.26. The number of halogens is 2. The van der Waals surface area contributed by atoms with Gasteiger partial charge in [-0.05, 0) is 51.0 Å². The van der Waals surface area contributed by atoms with Crippen LogP contribution in [0, 0.1) is 24.5 Å². The van der Waals surface area contributed by atoms with E-state index in [1.807, 2.05) is 13.8 Å². The molecule has 0 atom stereocenters. The topological polar surface area (TPSA) is 91.2 Å². The van der Waals surface area contributed by atoms with Gasteiger partial charge in [0.25, 0.3) is 5.56 Å². The molecule has 1 aromatic carbocycles. The van der Waals surface area contributed by atoms with Crippen LogP contribution in [0.1, 0.15) is 39.0 Å². The molecule has 0 aliphatic rings. The molecule has 0 saturated heterocycles. The lowest BCUT2D eigenvalue weighted by Crippen LogP contribution is -2.24. The van der Waals surface area contributed by atoms with Crippen molar-refractivity contribution in [2.45, 2.75) is 52.2 Å². The van der Waals surface area contributed by atoms with Crippen molar-refractivity contribution in [1.82, 2.24) is 14.5 Å². The third-order valence-corrected chi connectivity index (χ3v) is 7.18. The van der Waals surface area contributed by atoms with Gasteiger partial charge in [-0.2, -0.15) is 9.97 Å². The van der Waals surface area contributed by atoms with E-state index in [1.54, 1.807) is 37.6 Å². The maximum absolute atomic E-state index is 14.2. The van der Waals surface area contributed by atoms with Gasteiger partial charge in [-0.25, -0.2) is 17.2 Å². The predicted molar refractivity (Wildman–Crippen MR) is 125 cm³/mol. The number of hydrogen-bond donors (Lipinski definition) is 0. The molecule has 0 amide bonds. The van der Waals surface area contributed by atoms with Crippen LogP contribution in [-0.2, 0) is 22.1 Å². The molecule has 2 heterocycles. The number of ether oxygens (including phenoxy) is 1. The van der Waals surface area contributed by atoms with Crippen molar-refractivity contribution < 1.29 is 21.9 Å². The summed E-state index contributed by atoms with van der Waals surface area (Å²) in [5.74, 6) is -2.20. The summed E-state index contributed by atoms with van der Waals surface area (Å²) < 4.78 is 59.5. The van der Waals surface area contributed by atoms with Gasteiger partial charge in [0.2, 0.25) is 0 Å². The lowest BCUT2D eigenvalue weighted by molar-refractivity contribution is 0.407. The van der Waals surface area contributed by atoms with Crippen LogP contribution >= 0.6 is 0 Å². The molecule has 3 rings (SSSR count). The first kappa shape index (κ1) is 25.5. The van der Waals surface area contributed by atoms with E-state index in [4.69, 9.17) is 4.74 Å².